The van der Waals surface area contributed by atoms with E-state index in [4.69, 9.17) is 11.6 Å². The van der Waals surface area contributed by atoms with Gasteiger partial charge in [0.15, 0.2) is 17.5 Å². The fourth-order valence-electron chi connectivity index (χ4n) is 4.52. The summed E-state index contributed by atoms with van der Waals surface area (Å²) in [6.07, 6.45) is -2.19. The predicted octanol–water partition coefficient (Wildman–Crippen LogP) is 5.53. The van der Waals surface area contributed by atoms with Gasteiger partial charge in [0.05, 0.1) is 29.6 Å². The molecule has 0 saturated heterocycles. The van der Waals surface area contributed by atoms with E-state index in [9.17, 15) is 23.8 Å². The molecule has 1 atom stereocenters. The molecule has 3 aromatic carbocycles. The summed E-state index contributed by atoms with van der Waals surface area (Å²) in [6, 6.07) is 8.89. The van der Waals surface area contributed by atoms with Gasteiger partial charge in [-0.25, -0.2) is 18.0 Å². The van der Waals surface area contributed by atoms with Crippen LogP contribution in [0.2, 0.25) is 0 Å². The van der Waals surface area contributed by atoms with Crippen molar-refractivity contribution in [1.82, 2.24) is 14.8 Å². The van der Waals surface area contributed by atoms with Crippen LogP contribution in [0.15, 0.2) is 54.7 Å². The van der Waals surface area contributed by atoms with Gasteiger partial charge >= 0.3 is 5.97 Å². The summed E-state index contributed by atoms with van der Waals surface area (Å²) in [5, 5.41) is 27.9. The molecule has 5 aromatic rings. The van der Waals surface area contributed by atoms with Crippen molar-refractivity contribution in [2.75, 3.05) is 13.7 Å². The zero-order valence-electron chi connectivity index (χ0n) is 24.1. The smallest absolute Gasteiger partial charge is 0.335 e. The molecule has 0 aliphatic rings. The number of halogens is 3. The molecule has 0 radical (unpaired) electrons. The Labute approximate surface area is 215 Å². The molecule has 37 heavy (non-hydrogen) atoms. The van der Waals surface area contributed by atoms with Crippen LogP contribution in [0.3, 0.4) is 0 Å². The quantitative estimate of drug-likeness (QED) is 0.265. The van der Waals surface area contributed by atoms with Gasteiger partial charge in [-0.1, -0.05) is 19.0 Å². The van der Waals surface area contributed by atoms with Crippen molar-refractivity contribution in [2.45, 2.75) is 18.8 Å². The number of carbonyl (C=O) groups is 1. The molecule has 0 aliphatic heterocycles. The van der Waals surface area contributed by atoms with Crippen molar-refractivity contribution < 1.29 is 39.8 Å². The van der Waals surface area contributed by atoms with Crippen molar-refractivity contribution in [3.8, 4) is 16.8 Å². The maximum absolute atomic E-state index is 16.4. The maximum atomic E-state index is 16.4. The second-order valence-electron chi connectivity index (χ2n) is 8.38. The number of ether oxygens (including phenoxy) is 1. The average molecular weight is 515 g/mol. The van der Waals surface area contributed by atoms with Crippen LogP contribution in [-0.4, -0.2) is 44.7 Å². The van der Waals surface area contributed by atoms with Crippen molar-refractivity contribution in [3.05, 3.63) is 83.4 Å². The van der Waals surface area contributed by atoms with E-state index in [1.54, 1.807) is 0 Å². The minimum absolute atomic E-state index is 0.0509. The van der Waals surface area contributed by atoms with Crippen LogP contribution >= 0.6 is 0 Å². The van der Waals surface area contributed by atoms with Crippen molar-refractivity contribution in [3.63, 3.8) is 0 Å². The summed E-state index contributed by atoms with van der Waals surface area (Å²) in [5.74, 6) is -4.76. The van der Waals surface area contributed by atoms with Crippen LogP contribution in [-0.2, 0) is 10.3 Å². The predicted molar refractivity (Wildman–Crippen MR) is 131 cm³/mol. The van der Waals surface area contributed by atoms with Crippen LogP contribution in [0, 0.1) is 17.5 Å². The largest absolute Gasteiger partial charge is 0.478 e. The van der Waals surface area contributed by atoms with Crippen LogP contribution in [0.1, 0.15) is 36.1 Å². The summed E-state index contributed by atoms with van der Waals surface area (Å²) in [5.41, 5.74) is -4.37. The van der Waals surface area contributed by atoms with E-state index < -0.39 is 54.5 Å². The number of H-pyrrole nitrogens is 1. The van der Waals surface area contributed by atoms with Gasteiger partial charge in [-0.15, -0.1) is 0 Å². The number of aliphatic hydroxyl groups is 1. The number of carboxylic acid groups (broad SMARTS) is 1. The number of hydrogen-bond donors (Lipinski definition) is 3. The molecule has 2 heterocycles. The summed E-state index contributed by atoms with van der Waals surface area (Å²) in [4.78, 5) is 11.5. The highest BCUT2D eigenvalue weighted by Gasteiger charge is 2.38. The van der Waals surface area contributed by atoms with Crippen molar-refractivity contribution >= 4 is 27.8 Å². The lowest BCUT2D eigenvalue weighted by atomic mass is 9.89. The minimum atomic E-state index is -3.48. The first-order valence-corrected chi connectivity index (χ1v) is 10.8. The Morgan fingerprint density at radius 1 is 1.19 bits per heavy atom. The first kappa shape index (κ1) is 19.0. The lowest BCUT2D eigenvalue weighted by Crippen LogP contribution is -2.33. The fourth-order valence-corrected chi connectivity index (χ4v) is 4.52. The minimum Gasteiger partial charge on any atom is -0.478 e. The van der Waals surface area contributed by atoms with E-state index in [0.717, 1.165) is 29.9 Å². The lowest BCUT2D eigenvalue weighted by Gasteiger charge is -2.29. The Bertz CT molecular complexity index is 1850. The molecule has 10 heteroatoms. The number of aromatic amines is 1. The molecular formula is C27H22F3N3O4. The molecule has 0 aliphatic carbocycles. The standard InChI is InChI=1S/C27H22F3N3O4/c1-3-27(36,13-37-2)25-21(14-4-6-15(7-5-14)26(34)35)22-20(10-16-12-31-32-24(16)23(22)30)33(25)17-8-9-18(28)19(29)11-17/h4-12,36H,3,13H2,1-2H3,(H,31,32)(H,34,35)/i1D3,3D2. The van der Waals surface area contributed by atoms with Gasteiger partial charge in [-0.3, -0.25) is 5.10 Å². The highest BCUT2D eigenvalue weighted by atomic mass is 19.2. The number of nitrogens with one attached hydrogen (secondary N) is 1. The third-order valence-electron chi connectivity index (χ3n) is 6.14. The SMILES string of the molecule is [2H]C([2H])([2H])C([2H])([2H])C(O)(COC)c1c(-c2ccc(C(=O)O)cc2)c2c(F)c3[nH]ncc3cc2n1-c1ccc(F)c(F)c1. The Kier molecular flexibility index (Phi) is 4.66. The Morgan fingerprint density at radius 3 is 2.59 bits per heavy atom. The molecule has 1 unspecified atom stereocenters. The highest BCUT2D eigenvalue weighted by molar-refractivity contribution is 6.06. The first-order valence-electron chi connectivity index (χ1n) is 13.3. The third kappa shape index (κ3) is 3.85. The summed E-state index contributed by atoms with van der Waals surface area (Å²) >= 11 is 0. The molecule has 0 spiro atoms. The molecule has 0 bridgehead atoms. The highest BCUT2D eigenvalue weighted by Crippen LogP contribution is 2.46. The van der Waals surface area contributed by atoms with Crippen LogP contribution < -0.4 is 0 Å². The monoisotopic (exact) mass is 514 g/mol. The van der Waals surface area contributed by atoms with E-state index >= 15 is 4.39 Å². The number of hydrogen-bond acceptors (Lipinski definition) is 4. The Hall–Kier alpha value is -4.15. The molecule has 2 aromatic heterocycles. The van der Waals surface area contributed by atoms with E-state index in [2.05, 4.69) is 10.2 Å². The molecule has 0 saturated carbocycles. The van der Waals surface area contributed by atoms with Crippen molar-refractivity contribution in [1.29, 1.82) is 0 Å². The second-order valence-corrected chi connectivity index (χ2v) is 8.38. The van der Waals surface area contributed by atoms with Gasteiger partial charge < -0.3 is 19.5 Å². The van der Waals surface area contributed by atoms with Crippen LogP contribution in [0.25, 0.3) is 38.6 Å². The molecule has 5 rings (SSSR count). The van der Waals surface area contributed by atoms with Gasteiger partial charge in [0.2, 0.25) is 0 Å². The number of carboxylic acids is 1. The number of benzene rings is 3. The number of methoxy groups -OCH3 is 1. The molecule has 0 amide bonds. The lowest BCUT2D eigenvalue weighted by molar-refractivity contribution is -0.0422. The van der Waals surface area contributed by atoms with Gasteiger partial charge in [0.25, 0.3) is 0 Å². The van der Waals surface area contributed by atoms with Crippen LogP contribution in [0.4, 0.5) is 13.2 Å². The zero-order valence-corrected chi connectivity index (χ0v) is 19.1. The maximum Gasteiger partial charge on any atom is 0.335 e. The van der Waals surface area contributed by atoms with E-state index in [1.807, 2.05) is 0 Å². The summed E-state index contributed by atoms with van der Waals surface area (Å²) < 4.78 is 92.3. The van der Waals surface area contributed by atoms with Gasteiger partial charge in [-0.05, 0) is 42.3 Å². The van der Waals surface area contributed by atoms with E-state index in [1.165, 1.54) is 36.5 Å². The number of nitrogens with zero attached hydrogens (tertiary/aromatic N) is 2. The van der Waals surface area contributed by atoms with E-state index in [-0.39, 0.29) is 44.2 Å². The van der Waals surface area contributed by atoms with E-state index in [0.29, 0.717) is 0 Å². The fraction of sp³-hybridized carbons (Fsp3) is 0.185. The molecule has 0 fully saturated rings. The molecule has 190 valence electrons. The second kappa shape index (κ2) is 9.06. The molecule has 7 nitrogen and oxygen atoms in total. The Morgan fingerprint density at radius 2 is 1.95 bits per heavy atom. The third-order valence-corrected chi connectivity index (χ3v) is 6.14. The van der Waals surface area contributed by atoms with Gasteiger partial charge in [-0.2, -0.15) is 5.10 Å². The topological polar surface area (TPSA) is 100 Å². The van der Waals surface area contributed by atoms with Gasteiger partial charge in [0.1, 0.15) is 11.1 Å². The van der Waals surface area contributed by atoms with Crippen molar-refractivity contribution in [2.24, 2.45) is 0 Å². The summed E-state index contributed by atoms with van der Waals surface area (Å²) in [7, 11) is 1.09. The normalized spacial score (nSPS) is 16.1. The number of aromatic carboxylic acids is 1. The Balaban J connectivity index is 2.07. The number of fused-ring (bicyclic) bond motifs is 2. The molecule has 3 N–H and O–H groups in total. The first-order chi connectivity index (χ1) is 19.6. The average Bonchev–Trinajstić information content (AvgIpc) is 3.53. The van der Waals surface area contributed by atoms with Gasteiger partial charge in [0, 0.05) is 42.1 Å². The van der Waals surface area contributed by atoms with Crippen LogP contribution in [0.5, 0.6) is 0 Å². The summed E-state index contributed by atoms with van der Waals surface area (Å²) in [6.45, 7) is -4.45. The number of aromatic nitrogens is 3. The zero-order chi connectivity index (χ0) is 30.8. The number of rotatable bonds is 7. The molecular weight excluding hydrogens is 487 g/mol.